The Hall–Kier alpha value is -5.44. The number of carbonyl (C=O) groups is 1. The molecule has 44 heavy (non-hydrogen) atoms. The van der Waals surface area contributed by atoms with E-state index < -0.39 is 35.1 Å². The Morgan fingerprint density at radius 1 is 0.886 bits per heavy atom. The van der Waals surface area contributed by atoms with E-state index in [4.69, 9.17) is 5.26 Å². The summed E-state index contributed by atoms with van der Waals surface area (Å²) in [6.07, 6.45) is -3.23. The molecule has 1 amide bonds. The Morgan fingerprint density at radius 2 is 1.66 bits per heavy atom. The van der Waals surface area contributed by atoms with Crippen LogP contribution in [-0.2, 0) is 25.8 Å². The number of aromatic nitrogens is 3. The van der Waals surface area contributed by atoms with Gasteiger partial charge in [0.25, 0.3) is 5.91 Å². The molecule has 5 rings (SSSR count). The lowest BCUT2D eigenvalue weighted by atomic mass is 9.99. The normalized spacial score (nSPS) is 11.3. The smallest absolute Gasteiger partial charge is 0.327 e. The second kappa shape index (κ2) is 12.4. The number of benzene rings is 4. The van der Waals surface area contributed by atoms with E-state index in [1.54, 1.807) is 28.8 Å². The fraction of sp³-hybridized carbons (Fsp3) is 0.125. The van der Waals surface area contributed by atoms with Gasteiger partial charge in [-0.05, 0) is 59.7 Å². The quantitative estimate of drug-likeness (QED) is 0.176. The molecule has 0 bridgehead atoms. The van der Waals surface area contributed by atoms with Gasteiger partial charge in [-0.1, -0.05) is 30.3 Å². The minimum atomic E-state index is -4.66. The molecular formula is C32H21F6N5O. The third kappa shape index (κ3) is 6.78. The van der Waals surface area contributed by atoms with Crippen LogP contribution in [0.15, 0.2) is 91.3 Å². The zero-order valence-electron chi connectivity index (χ0n) is 22.7. The molecular weight excluding hydrogens is 584 g/mol. The van der Waals surface area contributed by atoms with Crippen molar-refractivity contribution in [3.05, 3.63) is 142 Å². The van der Waals surface area contributed by atoms with Gasteiger partial charge in [0.1, 0.15) is 23.8 Å². The number of nitriles is 1. The topological polar surface area (TPSA) is 74.8 Å². The van der Waals surface area contributed by atoms with Crippen LogP contribution in [0.25, 0.3) is 11.1 Å². The van der Waals surface area contributed by atoms with Crippen LogP contribution in [0, 0.1) is 28.8 Å². The van der Waals surface area contributed by atoms with E-state index in [2.05, 4.69) is 10.2 Å². The van der Waals surface area contributed by atoms with Crippen molar-refractivity contribution in [2.75, 3.05) is 0 Å². The molecule has 0 N–H and O–H groups in total. The molecule has 6 nitrogen and oxygen atoms in total. The lowest BCUT2D eigenvalue weighted by Gasteiger charge is -2.23. The van der Waals surface area contributed by atoms with Gasteiger partial charge in [-0.15, -0.1) is 10.2 Å². The van der Waals surface area contributed by atoms with Crippen molar-refractivity contribution in [2.24, 2.45) is 0 Å². The molecule has 0 radical (unpaired) electrons. The van der Waals surface area contributed by atoms with Gasteiger partial charge in [-0.25, -0.2) is 13.2 Å². The molecule has 12 heteroatoms. The fourth-order valence-corrected chi connectivity index (χ4v) is 4.57. The van der Waals surface area contributed by atoms with E-state index in [1.807, 2.05) is 6.07 Å². The summed E-state index contributed by atoms with van der Waals surface area (Å²) in [5, 5.41) is 17.1. The molecule has 4 aromatic carbocycles. The maximum Gasteiger partial charge on any atom is 0.416 e. The first-order valence-corrected chi connectivity index (χ1v) is 13.1. The molecule has 5 aromatic rings. The van der Waals surface area contributed by atoms with Crippen LogP contribution in [0.4, 0.5) is 26.3 Å². The number of hydrogen-bond donors (Lipinski definition) is 0. The zero-order chi connectivity index (χ0) is 31.4. The number of amides is 1. The highest BCUT2D eigenvalue weighted by molar-refractivity contribution is 5.95. The Kier molecular flexibility index (Phi) is 8.48. The van der Waals surface area contributed by atoms with Gasteiger partial charge in [0.15, 0.2) is 5.82 Å². The molecule has 0 unspecified atom stereocenters. The fourth-order valence-electron chi connectivity index (χ4n) is 4.57. The summed E-state index contributed by atoms with van der Waals surface area (Å²) in [5.74, 6) is -2.97. The maximum absolute atomic E-state index is 14.9. The Labute approximate surface area is 247 Å². The summed E-state index contributed by atoms with van der Waals surface area (Å²) in [4.78, 5) is 15.0. The van der Waals surface area contributed by atoms with Crippen molar-refractivity contribution in [1.82, 2.24) is 19.7 Å². The van der Waals surface area contributed by atoms with E-state index in [-0.39, 0.29) is 41.9 Å². The molecule has 0 atom stereocenters. The molecule has 0 saturated carbocycles. The number of alkyl halides is 3. The molecule has 0 aliphatic carbocycles. The monoisotopic (exact) mass is 605 g/mol. The van der Waals surface area contributed by atoms with Crippen LogP contribution in [0.3, 0.4) is 0 Å². The highest BCUT2D eigenvalue weighted by Crippen LogP contribution is 2.33. The third-order valence-corrected chi connectivity index (χ3v) is 6.84. The minimum absolute atomic E-state index is 0.0156. The summed E-state index contributed by atoms with van der Waals surface area (Å²) in [6.45, 7) is -0.273. The number of carbonyl (C=O) groups excluding carboxylic acids is 1. The molecule has 1 heterocycles. The van der Waals surface area contributed by atoms with Crippen molar-refractivity contribution in [2.45, 2.75) is 25.8 Å². The summed E-state index contributed by atoms with van der Waals surface area (Å²) < 4.78 is 84.7. The van der Waals surface area contributed by atoms with Gasteiger partial charge >= 0.3 is 6.18 Å². The van der Waals surface area contributed by atoms with Crippen LogP contribution in [0.5, 0.6) is 0 Å². The van der Waals surface area contributed by atoms with Crippen LogP contribution >= 0.6 is 0 Å². The van der Waals surface area contributed by atoms with E-state index in [1.165, 1.54) is 29.4 Å². The van der Waals surface area contributed by atoms with E-state index in [0.717, 1.165) is 42.0 Å². The predicted octanol–water partition coefficient (Wildman–Crippen LogP) is 7.14. The van der Waals surface area contributed by atoms with Crippen molar-refractivity contribution in [3.8, 4) is 17.2 Å². The second-order valence-corrected chi connectivity index (χ2v) is 9.85. The van der Waals surface area contributed by atoms with E-state index in [0.29, 0.717) is 17.5 Å². The van der Waals surface area contributed by atoms with Gasteiger partial charge in [0.05, 0.1) is 30.3 Å². The highest BCUT2D eigenvalue weighted by atomic mass is 19.4. The molecule has 0 spiro atoms. The number of nitrogens with zero attached hydrogens (tertiary/aromatic N) is 5. The van der Waals surface area contributed by atoms with Crippen molar-refractivity contribution >= 4 is 5.91 Å². The molecule has 0 aliphatic rings. The van der Waals surface area contributed by atoms with Crippen molar-refractivity contribution in [1.29, 1.82) is 5.26 Å². The van der Waals surface area contributed by atoms with Crippen LogP contribution in [0.1, 0.15) is 38.4 Å². The third-order valence-electron chi connectivity index (χ3n) is 6.84. The van der Waals surface area contributed by atoms with Crippen LogP contribution < -0.4 is 0 Å². The van der Waals surface area contributed by atoms with Gasteiger partial charge < -0.3 is 9.47 Å². The maximum atomic E-state index is 14.9. The molecule has 1 aromatic heterocycles. The first-order valence-electron chi connectivity index (χ1n) is 13.1. The molecule has 0 aliphatic heterocycles. The summed E-state index contributed by atoms with van der Waals surface area (Å²) in [5.41, 5.74) is -0.140. The first kappa shape index (κ1) is 30.0. The second-order valence-electron chi connectivity index (χ2n) is 9.85. The summed E-state index contributed by atoms with van der Waals surface area (Å²) >= 11 is 0. The van der Waals surface area contributed by atoms with Gasteiger partial charge in [0.2, 0.25) is 0 Å². The number of halogens is 6. The summed E-state index contributed by atoms with van der Waals surface area (Å²) in [7, 11) is 0. The Morgan fingerprint density at radius 3 is 2.36 bits per heavy atom. The largest absolute Gasteiger partial charge is 0.416 e. The van der Waals surface area contributed by atoms with Crippen LogP contribution in [-0.4, -0.2) is 25.6 Å². The molecule has 0 saturated heterocycles. The van der Waals surface area contributed by atoms with Crippen molar-refractivity contribution < 1.29 is 31.1 Å². The lowest BCUT2D eigenvalue weighted by molar-refractivity contribution is -0.137. The average molecular weight is 606 g/mol. The number of hydrogen-bond acceptors (Lipinski definition) is 4. The van der Waals surface area contributed by atoms with Crippen LogP contribution in [0.2, 0.25) is 0 Å². The summed E-state index contributed by atoms with van der Waals surface area (Å²) in [6, 6.07) is 19.0. The zero-order valence-corrected chi connectivity index (χ0v) is 22.7. The predicted molar refractivity (Wildman–Crippen MR) is 147 cm³/mol. The average Bonchev–Trinajstić information content (AvgIpc) is 3.44. The Balaban J connectivity index is 1.49. The lowest BCUT2D eigenvalue weighted by Crippen LogP contribution is -2.32. The van der Waals surface area contributed by atoms with E-state index >= 15 is 0 Å². The Bertz CT molecular complexity index is 1860. The van der Waals surface area contributed by atoms with Crippen molar-refractivity contribution in [3.63, 3.8) is 0 Å². The van der Waals surface area contributed by atoms with Gasteiger partial charge in [0, 0.05) is 29.3 Å². The molecule has 0 fully saturated rings. The van der Waals surface area contributed by atoms with Gasteiger partial charge in [-0.2, -0.15) is 18.4 Å². The SMILES string of the molecule is N#Cc1ccc(Cn2cnnc2CN(Cc2ccc(F)cc2F)C(=O)c2ccc(F)c(-c3cccc(C(F)(F)F)c3)c2)cc1. The van der Waals surface area contributed by atoms with Gasteiger partial charge in [-0.3, -0.25) is 4.79 Å². The van der Waals surface area contributed by atoms with E-state index in [9.17, 15) is 31.1 Å². The number of rotatable bonds is 8. The standard InChI is InChI=1S/C32H21F6N5O/c33-26-10-8-24(29(35)14-26)17-42(18-30-41-40-19-43(30)16-21-6-4-20(15-39)5-7-21)31(44)23-9-11-28(34)27(13-23)22-2-1-3-25(12-22)32(36,37)38/h1-14,19H,16-18H2. The molecule has 222 valence electrons. The minimum Gasteiger partial charge on any atom is -0.327 e. The highest BCUT2D eigenvalue weighted by Gasteiger charge is 2.31. The first-order chi connectivity index (χ1) is 21.0.